The molecule has 2 N–H and O–H groups in total. The van der Waals surface area contributed by atoms with Crippen LogP contribution in [0, 0.1) is 0 Å². The Morgan fingerprint density at radius 2 is 1.95 bits per heavy atom. The second-order valence-electron chi connectivity index (χ2n) is 4.76. The van der Waals surface area contributed by atoms with Crippen molar-refractivity contribution in [3.8, 4) is 0 Å². The Kier molecular flexibility index (Phi) is 3.80. The first-order valence-corrected chi connectivity index (χ1v) is 6.06. The fourth-order valence-electron chi connectivity index (χ4n) is 2.11. The predicted octanol–water partition coefficient (Wildman–Crippen LogP) is 1.81. The number of benzene rings is 1. The summed E-state index contributed by atoms with van der Waals surface area (Å²) in [6.07, 6.45) is -3.45. The van der Waals surface area contributed by atoms with Gasteiger partial charge < -0.3 is 10.6 Å². The molecule has 0 saturated carbocycles. The Labute approximate surface area is 109 Å². The second-order valence-corrected chi connectivity index (χ2v) is 4.76. The number of halogens is 3. The van der Waals surface area contributed by atoms with Crippen LogP contribution in [0.15, 0.2) is 24.3 Å². The summed E-state index contributed by atoms with van der Waals surface area (Å²) in [5, 5.41) is 0. The molecule has 1 saturated heterocycles. The van der Waals surface area contributed by atoms with E-state index < -0.39 is 11.7 Å². The summed E-state index contributed by atoms with van der Waals surface area (Å²) >= 11 is 0. The normalized spacial score (nSPS) is 19.8. The zero-order chi connectivity index (χ0) is 14.0. The minimum Gasteiger partial charge on any atom is -0.341 e. The number of hydrogen-bond donors (Lipinski definition) is 1. The lowest BCUT2D eigenvalue weighted by molar-refractivity contribution is -0.137. The largest absolute Gasteiger partial charge is 0.416 e. The van der Waals surface area contributed by atoms with Crippen LogP contribution in [-0.2, 0) is 17.4 Å². The monoisotopic (exact) mass is 272 g/mol. The SMILES string of the molecule is N[C@H]1CCN(C(=O)Cc2ccc(C(F)(F)F)cc2)C1. The number of carbonyl (C=O) groups is 1. The number of rotatable bonds is 2. The Hall–Kier alpha value is -1.56. The molecule has 0 spiro atoms. The van der Waals surface area contributed by atoms with Crippen molar-refractivity contribution in [2.45, 2.75) is 25.1 Å². The summed E-state index contributed by atoms with van der Waals surface area (Å²) in [4.78, 5) is 13.5. The lowest BCUT2D eigenvalue weighted by Crippen LogP contribution is -2.32. The predicted molar refractivity (Wildman–Crippen MR) is 64.3 cm³/mol. The highest BCUT2D eigenvalue weighted by Crippen LogP contribution is 2.29. The van der Waals surface area contributed by atoms with Crippen LogP contribution in [-0.4, -0.2) is 29.9 Å². The third kappa shape index (κ3) is 3.47. The van der Waals surface area contributed by atoms with Crippen LogP contribution in [0.4, 0.5) is 13.2 Å². The standard InChI is InChI=1S/C13H15F3N2O/c14-13(15,16)10-3-1-9(2-4-10)7-12(19)18-6-5-11(17)8-18/h1-4,11H,5-8,17H2/t11-/m0/s1. The van der Waals surface area contributed by atoms with Crippen LogP contribution >= 0.6 is 0 Å². The van der Waals surface area contributed by atoms with Crippen LogP contribution in [0.2, 0.25) is 0 Å². The maximum Gasteiger partial charge on any atom is 0.416 e. The van der Waals surface area contributed by atoms with Crippen molar-refractivity contribution in [3.05, 3.63) is 35.4 Å². The van der Waals surface area contributed by atoms with Crippen LogP contribution in [0.25, 0.3) is 0 Å². The minimum absolute atomic E-state index is 0.0107. The third-order valence-corrected chi connectivity index (χ3v) is 3.21. The molecule has 1 heterocycles. The van der Waals surface area contributed by atoms with Crippen LogP contribution in [0.3, 0.4) is 0 Å². The Morgan fingerprint density at radius 1 is 1.32 bits per heavy atom. The number of amides is 1. The van der Waals surface area contributed by atoms with Crippen molar-refractivity contribution in [2.75, 3.05) is 13.1 Å². The van der Waals surface area contributed by atoms with Gasteiger partial charge in [0, 0.05) is 19.1 Å². The van der Waals surface area contributed by atoms with Gasteiger partial charge in [-0.05, 0) is 24.1 Å². The second kappa shape index (κ2) is 5.21. The number of likely N-dealkylation sites (tertiary alicyclic amines) is 1. The van der Waals surface area contributed by atoms with E-state index in [4.69, 9.17) is 5.73 Å². The first-order chi connectivity index (χ1) is 8.86. The quantitative estimate of drug-likeness (QED) is 0.892. The molecule has 1 atom stereocenters. The fourth-order valence-corrected chi connectivity index (χ4v) is 2.11. The van der Waals surface area contributed by atoms with Gasteiger partial charge in [-0.2, -0.15) is 13.2 Å². The van der Waals surface area contributed by atoms with Gasteiger partial charge in [0.2, 0.25) is 5.91 Å². The molecule has 1 fully saturated rings. The molecule has 1 aromatic carbocycles. The molecule has 0 radical (unpaired) electrons. The van der Waals surface area contributed by atoms with Gasteiger partial charge in [-0.25, -0.2) is 0 Å². The van der Waals surface area contributed by atoms with E-state index in [1.807, 2.05) is 0 Å². The maximum atomic E-state index is 12.4. The number of carbonyl (C=O) groups excluding carboxylic acids is 1. The van der Waals surface area contributed by atoms with Gasteiger partial charge in [0.15, 0.2) is 0 Å². The Morgan fingerprint density at radius 3 is 2.42 bits per heavy atom. The lowest BCUT2D eigenvalue weighted by atomic mass is 10.1. The number of alkyl halides is 3. The van der Waals surface area contributed by atoms with Crippen LogP contribution in [0.5, 0.6) is 0 Å². The third-order valence-electron chi connectivity index (χ3n) is 3.21. The summed E-state index contributed by atoms with van der Waals surface area (Å²) in [6.45, 7) is 1.15. The summed E-state index contributed by atoms with van der Waals surface area (Å²) in [7, 11) is 0. The summed E-state index contributed by atoms with van der Waals surface area (Å²) in [5.74, 6) is -0.0901. The van der Waals surface area contributed by atoms with Crippen molar-refractivity contribution in [2.24, 2.45) is 5.73 Å². The number of nitrogens with two attached hydrogens (primary N) is 1. The average Bonchev–Trinajstić information content (AvgIpc) is 2.75. The van der Waals surface area contributed by atoms with E-state index in [0.29, 0.717) is 18.7 Å². The van der Waals surface area contributed by atoms with Gasteiger partial charge in [-0.1, -0.05) is 12.1 Å². The van der Waals surface area contributed by atoms with E-state index in [0.717, 1.165) is 18.6 Å². The molecular formula is C13H15F3N2O. The van der Waals surface area contributed by atoms with Gasteiger partial charge in [-0.3, -0.25) is 4.79 Å². The molecule has 6 heteroatoms. The molecule has 2 rings (SSSR count). The van der Waals surface area contributed by atoms with E-state index >= 15 is 0 Å². The number of hydrogen-bond acceptors (Lipinski definition) is 2. The zero-order valence-corrected chi connectivity index (χ0v) is 10.3. The molecule has 104 valence electrons. The summed E-state index contributed by atoms with van der Waals surface area (Å²) in [5.41, 5.74) is 5.59. The zero-order valence-electron chi connectivity index (χ0n) is 10.3. The summed E-state index contributed by atoms with van der Waals surface area (Å²) in [6, 6.07) is 4.70. The van der Waals surface area contributed by atoms with Gasteiger partial charge in [0.05, 0.1) is 12.0 Å². The molecular weight excluding hydrogens is 257 g/mol. The topological polar surface area (TPSA) is 46.3 Å². The molecule has 1 aromatic rings. The minimum atomic E-state index is -4.34. The van der Waals surface area contributed by atoms with Crippen LogP contribution in [0.1, 0.15) is 17.5 Å². The van der Waals surface area contributed by atoms with Gasteiger partial charge >= 0.3 is 6.18 Å². The van der Waals surface area contributed by atoms with Gasteiger partial charge in [-0.15, -0.1) is 0 Å². The highest BCUT2D eigenvalue weighted by Gasteiger charge is 2.30. The van der Waals surface area contributed by atoms with Crippen molar-refractivity contribution in [3.63, 3.8) is 0 Å². The molecule has 3 nitrogen and oxygen atoms in total. The average molecular weight is 272 g/mol. The number of nitrogens with zero attached hydrogens (tertiary/aromatic N) is 1. The van der Waals surface area contributed by atoms with E-state index in [1.165, 1.54) is 12.1 Å². The van der Waals surface area contributed by atoms with Crippen molar-refractivity contribution < 1.29 is 18.0 Å². The molecule has 0 aromatic heterocycles. The molecule has 0 bridgehead atoms. The van der Waals surface area contributed by atoms with Crippen molar-refractivity contribution >= 4 is 5.91 Å². The van der Waals surface area contributed by atoms with E-state index in [-0.39, 0.29) is 18.4 Å². The van der Waals surface area contributed by atoms with Gasteiger partial charge in [0.1, 0.15) is 0 Å². The van der Waals surface area contributed by atoms with E-state index in [9.17, 15) is 18.0 Å². The smallest absolute Gasteiger partial charge is 0.341 e. The molecule has 19 heavy (non-hydrogen) atoms. The Balaban J connectivity index is 1.98. The van der Waals surface area contributed by atoms with Gasteiger partial charge in [0.25, 0.3) is 0 Å². The lowest BCUT2D eigenvalue weighted by Gasteiger charge is -2.16. The molecule has 1 amide bonds. The van der Waals surface area contributed by atoms with E-state index in [2.05, 4.69) is 0 Å². The van der Waals surface area contributed by atoms with Crippen molar-refractivity contribution in [1.82, 2.24) is 4.90 Å². The molecule has 0 aliphatic carbocycles. The maximum absolute atomic E-state index is 12.4. The van der Waals surface area contributed by atoms with E-state index in [1.54, 1.807) is 4.90 Å². The fraction of sp³-hybridized carbons (Fsp3) is 0.462. The Bertz CT molecular complexity index is 456. The first-order valence-electron chi connectivity index (χ1n) is 6.06. The van der Waals surface area contributed by atoms with Crippen molar-refractivity contribution in [1.29, 1.82) is 0 Å². The first kappa shape index (κ1) is 13.9. The molecule has 1 aliphatic heterocycles. The molecule has 0 unspecified atom stereocenters. The highest BCUT2D eigenvalue weighted by molar-refractivity contribution is 5.79. The highest BCUT2D eigenvalue weighted by atomic mass is 19.4. The summed E-state index contributed by atoms with van der Waals surface area (Å²) < 4.78 is 37.1. The van der Waals surface area contributed by atoms with Crippen LogP contribution < -0.4 is 5.73 Å². The molecule has 1 aliphatic rings.